The number of rotatable bonds is 5. The molecule has 1 amide bonds. The number of amides is 1. The number of likely N-dealkylation sites (tertiary alicyclic amines) is 1. The molecule has 0 aromatic heterocycles. The highest BCUT2D eigenvalue weighted by Crippen LogP contribution is 2.23. The Morgan fingerprint density at radius 3 is 2.68 bits per heavy atom. The Morgan fingerprint density at radius 1 is 1.20 bits per heavy atom. The van der Waals surface area contributed by atoms with Crippen LogP contribution in [0.4, 0.5) is 0 Å². The number of nitrogens with zero attached hydrogens (tertiary/aromatic N) is 1. The third-order valence-corrected chi connectivity index (χ3v) is 5.26. The van der Waals surface area contributed by atoms with Crippen molar-refractivity contribution in [3.05, 3.63) is 70.7 Å². The summed E-state index contributed by atoms with van der Waals surface area (Å²) in [4.78, 5) is 15.0. The van der Waals surface area contributed by atoms with Crippen molar-refractivity contribution in [3.63, 3.8) is 0 Å². The van der Waals surface area contributed by atoms with Crippen LogP contribution in [0.15, 0.2) is 54.6 Å². The second-order valence-corrected chi connectivity index (χ2v) is 7.21. The number of hydrogen-bond donors (Lipinski definition) is 1. The van der Waals surface area contributed by atoms with Gasteiger partial charge in [-0.05, 0) is 43.5 Å². The summed E-state index contributed by atoms with van der Waals surface area (Å²) in [6, 6.07) is 18.1. The van der Waals surface area contributed by atoms with Crippen LogP contribution in [-0.4, -0.2) is 23.9 Å². The zero-order valence-corrected chi connectivity index (χ0v) is 15.4. The van der Waals surface area contributed by atoms with Crippen LogP contribution in [0.1, 0.15) is 36.9 Å². The Kier molecular flexibility index (Phi) is 6.11. The van der Waals surface area contributed by atoms with Crippen molar-refractivity contribution < 1.29 is 4.79 Å². The van der Waals surface area contributed by atoms with Crippen molar-refractivity contribution in [2.45, 2.75) is 32.4 Å². The topological polar surface area (TPSA) is 32.3 Å². The number of carbonyl (C=O) groups is 1. The summed E-state index contributed by atoms with van der Waals surface area (Å²) >= 11 is 6.27. The molecule has 1 aliphatic rings. The average Bonchev–Trinajstić information content (AvgIpc) is 2.64. The molecule has 2 aromatic carbocycles. The number of nitrogens with one attached hydrogen (secondary N) is 1. The standard InChI is InChI=1S/C21H25ClN2O/c1-16(17-8-3-2-4-9-17)23-21(25)19-11-7-13-24(15-19)14-18-10-5-6-12-20(18)22/h2-6,8-10,12,16,19H,7,11,13-15H2,1H3,(H,23,25)/t16-,19+/m0/s1. The van der Waals surface area contributed by atoms with E-state index in [4.69, 9.17) is 11.6 Å². The van der Waals surface area contributed by atoms with Gasteiger partial charge in [-0.15, -0.1) is 0 Å². The van der Waals surface area contributed by atoms with Gasteiger partial charge in [-0.3, -0.25) is 9.69 Å². The van der Waals surface area contributed by atoms with E-state index in [-0.39, 0.29) is 17.9 Å². The van der Waals surface area contributed by atoms with Gasteiger partial charge in [0.1, 0.15) is 0 Å². The quantitative estimate of drug-likeness (QED) is 0.859. The van der Waals surface area contributed by atoms with Crippen LogP contribution in [0.2, 0.25) is 5.02 Å². The number of halogens is 1. The average molecular weight is 357 g/mol. The summed E-state index contributed by atoms with van der Waals surface area (Å²) in [5.41, 5.74) is 2.27. The molecule has 25 heavy (non-hydrogen) atoms. The van der Waals surface area contributed by atoms with Crippen molar-refractivity contribution in [2.24, 2.45) is 5.92 Å². The van der Waals surface area contributed by atoms with Gasteiger partial charge >= 0.3 is 0 Å². The van der Waals surface area contributed by atoms with Gasteiger partial charge in [-0.1, -0.05) is 60.1 Å². The van der Waals surface area contributed by atoms with E-state index in [0.29, 0.717) is 0 Å². The zero-order chi connectivity index (χ0) is 17.6. The van der Waals surface area contributed by atoms with E-state index in [9.17, 15) is 4.79 Å². The first-order valence-electron chi connectivity index (χ1n) is 8.94. The second-order valence-electron chi connectivity index (χ2n) is 6.81. The Hall–Kier alpha value is -1.84. The lowest BCUT2D eigenvalue weighted by Gasteiger charge is -2.32. The maximum absolute atomic E-state index is 12.7. The van der Waals surface area contributed by atoms with E-state index in [1.807, 2.05) is 43.3 Å². The Bertz CT molecular complexity index is 704. The number of carbonyl (C=O) groups excluding carboxylic acids is 1. The molecular weight excluding hydrogens is 332 g/mol. The summed E-state index contributed by atoms with van der Waals surface area (Å²) < 4.78 is 0. The fourth-order valence-electron chi connectivity index (χ4n) is 3.44. The summed E-state index contributed by atoms with van der Waals surface area (Å²) in [5.74, 6) is 0.197. The summed E-state index contributed by atoms with van der Waals surface area (Å²) in [7, 11) is 0. The molecule has 1 saturated heterocycles. The smallest absolute Gasteiger partial charge is 0.224 e. The van der Waals surface area contributed by atoms with Crippen molar-refractivity contribution >= 4 is 17.5 Å². The molecule has 1 fully saturated rings. The van der Waals surface area contributed by atoms with E-state index < -0.39 is 0 Å². The van der Waals surface area contributed by atoms with E-state index in [1.165, 1.54) is 0 Å². The first-order valence-corrected chi connectivity index (χ1v) is 9.32. The fraction of sp³-hybridized carbons (Fsp3) is 0.381. The molecule has 2 atom stereocenters. The monoisotopic (exact) mass is 356 g/mol. The van der Waals surface area contributed by atoms with Crippen molar-refractivity contribution in [1.82, 2.24) is 10.2 Å². The largest absolute Gasteiger partial charge is 0.349 e. The molecule has 4 heteroatoms. The third kappa shape index (κ3) is 4.83. The van der Waals surface area contributed by atoms with Crippen molar-refractivity contribution in [1.29, 1.82) is 0 Å². The van der Waals surface area contributed by atoms with Crippen LogP contribution in [0.25, 0.3) is 0 Å². The molecule has 3 nitrogen and oxygen atoms in total. The molecule has 0 unspecified atom stereocenters. The van der Waals surface area contributed by atoms with Gasteiger partial charge in [0.15, 0.2) is 0 Å². The molecule has 132 valence electrons. The minimum absolute atomic E-state index is 0.0349. The highest BCUT2D eigenvalue weighted by Gasteiger charge is 2.27. The molecule has 1 aliphatic heterocycles. The maximum atomic E-state index is 12.7. The lowest BCUT2D eigenvalue weighted by Crippen LogP contribution is -2.43. The van der Waals surface area contributed by atoms with Gasteiger partial charge in [0, 0.05) is 18.1 Å². The van der Waals surface area contributed by atoms with E-state index in [1.54, 1.807) is 0 Å². The molecule has 0 saturated carbocycles. The molecule has 1 heterocycles. The normalized spacial score (nSPS) is 19.4. The van der Waals surface area contributed by atoms with Gasteiger partial charge in [-0.2, -0.15) is 0 Å². The number of hydrogen-bond acceptors (Lipinski definition) is 2. The Morgan fingerprint density at radius 2 is 1.92 bits per heavy atom. The van der Waals surface area contributed by atoms with E-state index >= 15 is 0 Å². The molecule has 2 aromatic rings. The highest BCUT2D eigenvalue weighted by atomic mass is 35.5. The number of piperidine rings is 1. The van der Waals surface area contributed by atoms with Crippen LogP contribution >= 0.6 is 11.6 Å². The van der Waals surface area contributed by atoms with Gasteiger partial charge in [0.05, 0.1) is 12.0 Å². The zero-order valence-electron chi connectivity index (χ0n) is 14.6. The molecule has 1 N–H and O–H groups in total. The predicted molar refractivity (Wildman–Crippen MR) is 102 cm³/mol. The summed E-state index contributed by atoms with van der Waals surface area (Å²) in [5, 5.41) is 3.97. The summed E-state index contributed by atoms with van der Waals surface area (Å²) in [6.07, 6.45) is 1.99. The highest BCUT2D eigenvalue weighted by molar-refractivity contribution is 6.31. The van der Waals surface area contributed by atoms with Gasteiger partial charge < -0.3 is 5.32 Å². The maximum Gasteiger partial charge on any atom is 0.224 e. The first-order chi connectivity index (χ1) is 12.1. The molecule has 0 spiro atoms. The number of benzene rings is 2. The van der Waals surface area contributed by atoms with Crippen LogP contribution in [0.3, 0.4) is 0 Å². The summed E-state index contributed by atoms with van der Waals surface area (Å²) in [6.45, 7) is 4.65. The Balaban J connectivity index is 1.57. The van der Waals surface area contributed by atoms with Crippen molar-refractivity contribution in [3.8, 4) is 0 Å². The predicted octanol–water partition coefficient (Wildman–Crippen LogP) is 4.43. The van der Waals surface area contributed by atoms with Crippen LogP contribution in [0, 0.1) is 5.92 Å². The molecule has 0 bridgehead atoms. The van der Waals surface area contributed by atoms with E-state index in [2.05, 4.69) is 28.4 Å². The molecular formula is C21H25ClN2O. The first kappa shape index (κ1) is 18.0. The van der Waals surface area contributed by atoms with Crippen LogP contribution in [0.5, 0.6) is 0 Å². The van der Waals surface area contributed by atoms with Crippen LogP contribution < -0.4 is 5.32 Å². The molecule has 3 rings (SSSR count). The van der Waals surface area contributed by atoms with Crippen molar-refractivity contribution in [2.75, 3.05) is 13.1 Å². The molecule has 0 aliphatic carbocycles. The van der Waals surface area contributed by atoms with E-state index in [0.717, 1.165) is 48.6 Å². The Labute approximate surface area is 155 Å². The minimum Gasteiger partial charge on any atom is -0.349 e. The van der Waals surface area contributed by atoms with Gasteiger partial charge in [0.25, 0.3) is 0 Å². The lowest BCUT2D eigenvalue weighted by molar-refractivity contribution is -0.127. The second kappa shape index (κ2) is 8.50. The SMILES string of the molecule is C[C@H](NC(=O)[C@@H]1CCCN(Cc2ccccc2Cl)C1)c1ccccc1. The van der Waals surface area contributed by atoms with Gasteiger partial charge in [0.2, 0.25) is 5.91 Å². The van der Waals surface area contributed by atoms with Gasteiger partial charge in [-0.25, -0.2) is 0 Å². The molecule has 0 radical (unpaired) electrons. The third-order valence-electron chi connectivity index (χ3n) is 4.89. The van der Waals surface area contributed by atoms with Crippen LogP contribution in [-0.2, 0) is 11.3 Å². The minimum atomic E-state index is 0.0349. The lowest BCUT2D eigenvalue weighted by atomic mass is 9.96. The fourth-order valence-corrected chi connectivity index (χ4v) is 3.63.